The number of hydrogen-bond acceptors (Lipinski definition) is 5. The van der Waals surface area contributed by atoms with Crippen molar-refractivity contribution >= 4 is 29.3 Å². The summed E-state index contributed by atoms with van der Waals surface area (Å²) in [5, 5.41) is 7.33. The minimum Gasteiger partial charge on any atom is -0.475 e. The monoisotopic (exact) mass is 408 g/mol. The molecule has 146 valence electrons. The normalized spacial score (nSPS) is 11.3. The van der Waals surface area contributed by atoms with Crippen LogP contribution in [0.25, 0.3) is 0 Å². The van der Waals surface area contributed by atoms with Crippen molar-refractivity contribution in [1.82, 2.24) is 15.6 Å². The summed E-state index contributed by atoms with van der Waals surface area (Å²) in [6.45, 7) is 2.47. The first-order valence-electron chi connectivity index (χ1n) is 8.61. The summed E-state index contributed by atoms with van der Waals surface area (Å²) in [5.41, 5.74) is 1.05. The number of hydrogen-bond donors (Lipinski definition) is 2. The zero-order chi connectivity index (χ0) is 19.3. The quantitative estimate of drug-likeness (QED) is 0.272. The van der Waals surface area contributed by atoms with Gasteiger partial charge in [-0.2, -0.15) is 0 Å². The van der Waals surface area contributed by atoms with Crippen molar-refractivity contribution in [1.29, 1.82) is 0 Å². The van der Waals surface area contributed by atoms with Gasteiger partial charge in [0.25, 0.3) is 0 Å². The molecule has 2 aromatic rings. The second kappa shape index (κ2) is 12.4. The smallest absolute Gasteiger partial charge is 0.213 e. The molecular formula is C19H25ClN4O2S. The summed E-state index contributed by atoms with van der Waals surface area (Å²) >= 11 is 7.66. The van der Waals surface area contributed by atoms with Gasteiger partial charge in [-0.05, 0) is 29.8 Å². The molecule has 6 nitrogen and oxygen atoms in total. The Labute approximate surface area is 169 Å². The number of aromatic nitrogens is 1. The van der Waals surface area contributed by atoms with Gasteiger partial charge >= 0.3 is 0 Å². The lowest BCUT2D eigenvalue weighted by atomic mass is 10.3. The zero-order valence-electron chi connectivity index (χ0n) is 15.6. The SMILES string of the molecule is CN=C(NCCSc1ccc(Cl)cc1)NCc1ccc(OCCOC)nc1. The lowest BCUT2D eigenvalue weighted by Gasteiger charge is -2.12. The number of ether oxygens (including phenoxy) is 2. The summed E-state index contributed by atoms with van der Waals surface area (Å²) in [6, 6.07) is 11.7. The lowest BCUT2D eigenvalue weighted by molar-refractivity contribution is 0.143. The third kappa shape index (κ3) is 8.51. The van der Waals surface area contributed by atoms with Gasteiger partial charge in [-0.15, -0.1) is 11.8 Å². The molecule has 0 saturated carbocycles. The lowest BCUT2D eigenvalue weighted by Crippen LogP contribution is -2.37. The molecule has 0 fully saturated rings. The Bertz CT molecular complexity index is 696. The molecular weight excluding hydrogens is 384 g/mol. The fraction of sp³-hybridized carbons (Fsp3) is 0.368. The van der Waals surface area contributed by atoms with Crippen LogP contribution < -0.4 is 15.4 Å². The topological polar surface area (TPSA) is 67.8 Å². The number of nitrogens with zero attached hydrogens (tertiary/aromatic N) is 2. The van der Waals surface area contributed by atoms with Gasteiger partial charge in [-0.1, -0.05) is 17.7 Å². The van der Waals surface area contributed by atoms with E-state index in [1.165, 1.54) is 4.90 Å². The Kier molecular flexibility index (Phi) is 9.83. The van der Waals surface area contributed by atoms with Crippen molar-refractivity contribution in [3.05, 3.63) is 53.2 Å². The van der Waals surface area contributed by atoms with Crippen LogP contribution in [-0.2, 0) is 11.3 Å². The van der Waals surface area contributed by atoms with Crippen LogP contribution in [0.15, 0.2) is 52.5 Å². The van der Waals surface area contributed by atoms with Gasteiger partial charge in [-0.3, -0.25) is 4.99 Å². The highest BCUT2D eigenvalue weighted by molar-refractivity contribution is 7.99. The molecule has 0 unspecified atom stereocenters. The van der Waals surface area contributed by atoms with Crippen LogP contribution >= 0.6 is 23.4 Å². The van der Waals surface area contributed by atoms with Crippen LogP contribution in [0.3, 0.4) is 0 Å². The summed E-state index contributed by atoms with van der Waals surface area (Å²) in [4.78, 5) is 9.71. The first-order chi connectivity index (χ1) is 13.2. The van der Waals surface area contributed by atoms with E-state index in [0.29, 0.717) is 25.6 Å². The number of thioether (sulfide) groups is 1. The van der Waals surface area contributed by atoms with E-state index in [-0.39, 0.29) is 0 Å². The molecule has 0 aliphatic carbocycles. The largest absolute Gasteiger partial charge is 0.475 e. The maximum atomic E-state index is 5.89. The Morgan fingerprint density at radius 2 is 1.96 bits per heavy atom. The molecule has 0 aliphatic heterocycles. The van der Waals surface area contributed by atoms with Crippen LogP contribution in [0.2, 0.25) is 5.02 Å². The Morgan fingerprint density at radius 1 is 1.15 bits per heavy atom. The second-order valence-electron chi connectivity index (χ2n) is 5.50. The number of benzene rings is 1. The average Bonchev–Trinajstić information content (AvgIpc) is 2.70. The standard InChI is InChI=1S/C19H25ClN4O2S/c1-21-19(22-9-12-27-17-6-4-16(20)5-7-17)24-14-15-3-8-18(23-13-15)26-11-10-25-2/h3-8,13H,9-12,14H2,1-2H3,(H2,21,22,24). The Hall–Kier alpha value is -1.96. The van der Waals surface area contributed by atoms with E-state index in [9.17, 15) is 0 Å². The number of aliphatic imine (C=N–C) groups is 1. The van der Waals surface area contributed by atoms with E-state index in [1.807, 2.05) is 36.4 Å². The molecule has 27 heavy (non-hydrogen) atoms. The van der Waals surface area contributed by atoms with E-state index in [2.05, 4.69) is 20.6 Å². The van der Waals surface area contributed by atoms with Crippen LogP contribution in [0.5, 0.6) is 5.88 Å². The van der Waals surface area contributed by atoms with Crippen LogP contribution in [-0.4, -0.2) is 50.6 Å². The third-order valence-corrected chi connectivity index (χ3v) is 4.76. The van der Waals surface area contributed by atoms with E-state index < -0.39 is 0 Å². The molecule has 0 spiro atoms. The number of methoxy groups -OCH3 is 1. The summed E-state index contributed by atoms with van der Waals surface area (Å²) < 4.78 is 10.4. The highest BCUT2D eigenvalue weighted by atomic mass is 35.5. The number of rotatable bonds is 10. The van der Waals surface area contributed by atoms with Crippen molar-refractivity contribution in [3.63, 3.8) is 0 Å². The maximum absolute atomic E-state index is 5.89. The van der Waals surface area contributed by atoms with Crippen LogP contribution in [0.1, 0.15) is 5.56 Å². The van der Waals surface area contributed by atoms with Gasteiger partial charge in [0.15, 0.2) is 5.96 Å². The van der Waals surface area contributed by atoms with Gasteiger partial charge in [0.2, 0.25) is 5.88 Å². The highest BCUT2D eigenvalue weighted by Crippen LogP contribution is 2.19. The highest BCUT2D eigenvalue weighted by Gasteiger charge is 2.01. The number of nitrogens with one attached hydrogen (secondary N) is 2. The van der Waals surface area contributed by atoms with Gasteiger partial charge in [0, 0.05) is 55.2 Å². The Balaban J connectivity index is 1.66. The predicted molar refractivity (Wildman–Crippen MR) is 112 cm³/mol. The number of halogens is 1. The van der Waals surface area contributed by atoms with Crippen molar-refractivity contribution in [3.8, 4) is 5.88 Å². The van der Waals surface area contributed by atoms with Crippen molar-refractivity contribution in [2.24, 2.45) is 4.99 Å². The molecule has 2 rings (SSSR count). The summed E-state index contributed by atoms with van der Waals surface area (Å²) in [6.07, 6.45) is 1.79. The molecule has 8 heteroatoms. The third-order valence-electron chi connectivity index (χ3n) is 3.50. The first kappa shape index (κ1) is 21.3. The van der Waals surface area contributed by atoms with E-state index in [1.54, 1.807) is 32.1 Å². The average molecular weight is 409 g/mol. The van der Waals surface area contributed by atoms with Crippen molar-refractivity contribution < 1.29 is 9.47 Å². The minimum atomic E-state index is 0.492. The van der Waals surface area contributed by atoms with E-state index in [4.69, 9.17) is 21.1 Å². The maximum Gasteiger partial charge on any atom is 0.213 e. The van der Waals surface area contributed by atoms with Crippen molar-refractivity contribution in [2.75, 3.05) is 39.7 Å². The van der Waals surface area contributed by atoms with Gasteiger partial charge < -0.3 is 20.1 Å². The van der Waals surface area contributed by atoms with Crippen molar-refractivity contribution in [2.45, 2.75) is 11.4 Å². The fourth-order valence-electron chi connectivity index (χ4n) is 2.11. The van der Waals surface area contributed by atoms with Gasteiger partial charge in [-0.25, -0.2) is 4.98 Å². The Morgan fingerprint density at radius 3 is 2.63 bits per heavy atom. The molecule has 1 aromatic carbocycles. The molecule has 2 N–H and O–H groups in total. The molecule has 1 aromatic heterocycles. The fourth-order valence-corrected chi connectivity index (χ4v) is 3.00. The zero-order valence-corrected chi connectivity index (χ0v) is 17.1. The number of pyridine rings is 1. The van der Waals surface area contributed by atoms with Crippen LogP contribution in [0, 0.1) is 0 Å². The summed E-state index contributed by atoms with van der Waals surface area (Å²) in [5.74, 6) is 2.28. The molecule has 1 heterocycles. The first-order valence-corrected chi connectivity index (χ1v) is 9.97. The van der Waals surface area contributed by atoms with Gasteiger partial charge in [0.05, 0.1) is 6.61 Å². The molecule has 0 radical (unpaired) electrons. The van der Waals surface area contributed by atoms with Gasteiger partial charge in [0.1, 0.15) is 6.61 Å². The molecule has 0 saturated heterocycles. The molecule has 0 amide bonds. The van der Waals surface area contributed by atoms with Crippen LogP contribution in [0.4, 0.5) is 0 Å². The minimum absolute atomic E-state index is 0.492. The summed E-state index contributed by atoms with van der Waals surface area (Å²) in [7, 11) is 3.40. The molecule has 0 bridgehead atoms. The second-order valence-corrected chi connectivity index (χ2v) is 7.11. The molecule has 0 aliphatic rings. The number of guanidine groups is 1. The van der Waals surface area contributed by atoms with E-state index >= 15 is 0 Å². The molecule has 0 atom stereocenters. The van der Waals surface area contributed by atoms with E-state index in [0.717, 1.165) is 28.8 Å². The predicted octanol–water partition coefficient (Wildman–Crippen LogP) is 3.22.